The highest BCUT2D eigenvalue weighted by molar-refractivity contribution is 7.22. The van der Waals surface area contributed by atoms with Crippen molar-refractivity contribution < 1.29 is 4.92 Å². The zero-order valence-corrected chi connectivity index (χ0v) is 11.9. The molecule has 9 heteroatoms. The molecule has 3 rings (SSSR count). The van der Waals surface area contributed by atoms with Gasteiger partial charge in [0, 0.05) is 31.3 Å². The SMILES string of the molecule is Cn1ncc(CNc2nc3ccc([N+](=O)[O-])cc3s2)c1N. The van der Waals surface area contributed by atoms with Gasteiger partial charge in [0.15, 0.2) is 5.13 Å². The van der Waals surface area contributed by atoms with Crippen LogP contribution < -0.4 is 11.1 Å². The van der Waals surface area contributed by atoms with Crippen LogP contribution in [0.4, 0.5) is 16.6 Å². The van der Waals surface area contributed by atoms with Crippen LogP contribution in [-0.2, 0) is 13.6 Å². The van der Waals surface area contributed by atoms with Crippen molar-refractivity contribution >= 4 is 38.2 Å². The maximum Gasteiger partial charge on any atom is 0.270 e. The Kier molecular flexibility index (Phi) is 3.18. The summed E-state index contributed by atoms with van der Waals surface area (Å²) >= 11 is 1.37. The third kappa shape index (κ3) is 2.50. The van der Waals surface area contributed by atoms with Crippen molar-refractivity contribution in [2.45, 2.75) is 6.54 Å². The van der Waals surface area contributed by atoms with E-state index < -0.39 is 4.92 Å². The van der Waals surface area contributed by atoms with Crippen LogP contribution in [0, 0.1) is 10.1 Å². The summed E-state index contributed by atoms with van der Waals surface area (Å²) in [6.45, 7) is 0.502. The molecule has 0 bridgehead atoms. The second kappa shape index (κ2) is 5.02. The number of aromatic nitrogens is 3. The summed E-state index contributed by atoms with van der Waals surface area (Å²) in [6.07, 6.45) is 1.69. The number of aryl methyl sites for hydroxylation is 1. The van der Waals surface area contributed by atoms with E-state index in [0.717, 1.165) is 15.8 Å². The maximum absolute atomic E-state index is 10.8. The summed E-state index contributed by atoms with van der Waals surface area (Å²) in [4.78, 5) is 14.7. The van der Waals surface area contributed by atoms with Gasteiger partial charge in [0.25, 0.3) is 5.69 Å². The molecule has 8 nitrogen and oxygen atoms in total. The van der Waals surface area contributed by atoms with Crippen molar-refractivity contribution in [1.82, 2.24) is 14.8 Å². The topological polar surface area (TPSA) is 112 Å². The van der Waals surface area contributed by atoms with Crippen LogP contribution >= 0.6 is 11.3 Å². The molecule has 0 atom stereocenters. The van der Waals surface area contributed by atoms with Crippen LogP contribution in [0.3, 0.4) is 0 Å². The van der Waals surface area contributed by atoms with Gasteiger partial charge in [-0.05, 0) is 6.07 Å². The number of nitro benzene ring substituents is 1. The highest BCUT2D eigenvalue weighted by atomic mass is 32.1. The number of nitro groups is 1. The lowest BCUT2D eigenvalue weighted by Crippen LogP contribution is -2.03. The van der Waals surface area contributed by atoms with E-state index in [1.807, 2.05) is 0 Å². The highest BCUT2D eigenvalue weighted by Gasteiger charge is 2.11. The fourth-order valence-corrected chi connectivity index (χ4v) is 2.80. The van der Waals surface area contributed by atoms with Crippen LogP contribution in [0.2, 0.25) is 0 Å². The van der Waals surface area contributed by atoms with E-state index in [9.17, 15) is 10.1 Å². The number of nitrogen functional groups attached to an aromatic ring is 1. The number of anilines is 2. The van der Waals surface area contributed by atoms with Crippen LogP contribution in [0.15, 0.2) is 24.4 Å². The number of non-ortho nitro benzene ring substituents is 1. The number of thiazole rings is 1. The molecule has 0 amide bonds. The summed E-state index contributed by atoms with van der Waals surface area (Å²) in [5, 5.41) is 18.7. The molecule has 0 saturated heterocycles. The van der Waals surface area contributed by atoms with Gasteiger partial charge >= 0.3 is 0 Å². The number of fused-ring (bicyclic) bond motifs is 1. The van der Waals surface area contributed by atoms with Gasteiger partial charge in [0.2, 0.25) is 0 Å². The summed E-state index contributed by atoms with van der Waals surface area (Å²) < 4.78 is 2.37. The van der Waals surface area contributed by atoms with Crippen molar-refractivity contribution in [2.24, 2.45) is 7.05 Å². The minimum atomic E-state index is -0.414. The average molecular weight is 304 g/mol. The molecule has 0 spiro atoms. The molecular weight excluding hydrogens is 292 g/mol. The smallest absolute Gasteiger partial charge is 0.270 e. The molecule has 0 aliphatic carbocycles. The Labute approximate surface area is 123 Å². The molecule has 1 aromatic carbocycles. The largest absolute Gasteiger partial charge is 0.384 e. The number of nitrogens with one attached hydrogen (secondary N) is 1. The second-order valence-electron chi connectivity index (χ2n) is 4.46. The van der Waals surface area contributed by atoms with Gasteiger partial charge in [-0.15, -0.1) is 0 Å². The second-order valence-corrected chi connectivity index (χ2v) is 5.49. The molecule has 0 aliphatic heterocycles. The van der Waals surface area contributed by atoms with E-state index in [2.05, 4.69) is 15.4 Å². The first kappa shape index (κ1) is 13.3. The first-order valence-corrected chi connectivity index (χ1v) is 6.91. The zero-order valence-electron chi connectivity index (χ0n) is 11.1. The summed E-state index contributed by atoms with van der Waals surface area (Å²) in [5.41, 5.74) is 7.53. The molecule has 0 unspecified atom stereocenters. The minimum Gasteiger partial charge on any atom is -0.384 e. The lowest BCUT2D eigenvalue weighted by atomic mass is 10.3. The third-order valence-electron chi connectivity index (χ3n) is 3.08. The fraction of sp³-hybridized carbons (Fsp3) is 0.167. The molecule has 0 radical (unpaired) electrons. The van der Waals surface area contributed by atoms with Gasteiger partial charge in [-0.3, -0.25) is 14.8 Å². The normalized spacial score (nSPS) is 10.9. The van der Waals surface area contributed by atoms with E-state index in [-0.39, 0.29) is 5.69 Å². The number of rotatable bonds is 4. The van der Waals surface area contributed by atoms with Gasteiger partial charge in [-0.2, -0.15) is 5.10 Å². The van der Waals surface area contributed by atoms with Gasteiger partial charge in [0.1, 0.15) is 5.82 Å². The number of hydrogen-bond donors (Lipinski definition) is 2. The van der Waals surface area contributed by atoms with Crippen molar-refractivity contribution in [3.8, 4) is 0 Å². The highest BCUT2D eigenvalue weighted by Crippen LogP contribution is 2.29. The van der Waals surface area contributed by atoms with Crippen molar-refractivity contribution in [3.63, 3.8) is 0 Å². The van der Waals surface area contributed by atoms with Crippen molar-refractivity contribution in [3.05, 3.63) is 40.1 Å². The third-order valence-corrected chi connectivity index (χ3v) is 4.05. The number of hydrogen-bond acceptors (Lipinski definition) is 7. The molecule has 0 saturated carbocycles. The van der Waals surface area contributed by atoms with E-state index in [1.165, 1.54) is 23.5 Å². The number of nitrogens with zero attached hydrogens (tertiary/aromatic N) is 4. The Bertz CT molecular complexity index is 824. The standard InChI is InChI=1S/C12H12N6O2S/c1-17-11(13)7(6-15-17)5-14-12-16-9-3-2-8(18(19)20)4-10(9)21-12/h2-4,6H,5,13H2,1H3,(H,14,16). The van der Waals surface area contributed by atoms with Gasteiger partial charge < -0.3 is 11.1 Å². The minimum absolute atomic E-state index is 0.0641. The first-order chi connectivity index (χ1) is 10.0. The Morgan fingerprint density at radius 1 is 1.52 bits per heavy atom. The van der Waals surface area contributed by atoms with Gasteiger partial charge in [-0.1, -0.05) is 11.3 Å². The average Bonchev–Trinajstić information content (AvgIpc) is 3.00. The number of nitrogens with two attached hydrogens (primary N) is 1. The fourth-order valence-electron chi connectivity index (χ4n) is 1.90. The predicted octanol–water partition coefficient (Wildman–Crippen LogP) is 2.13. The monoisotopic (exact) mass is 304 g/mol. The van der Waals surface area contributed by atoms with E-state index in [4.69, 9.17) is 5.73 Å². The molecule has 21 heavy (non-hydrogen) atoms. The van der Waals surface area contributed by atoms with Crippen LogP contribution in [0.5, 0.6) is 0 Å². The van der Waals surface area contributed by atoms with Crippen LogP contribution in [-0.4, -0.2) is 19.7 Å². The predicted molar refractivity (Wildman–Crippen MR) is 81.2 cm³/mol. The lowest BCUT2D eigenvalue weighted by Gasteiger charge is -2.01. The molecular formula is C12H12N6O2S. The Morgan fingerprint density at radius 3 is 3.00 bits per heavy atom. The molecule has 0 aliphatic rings. The summed E-state index contributed by atoms with van der Waals surface area (Å²) in [7, 11) is 1.77. The van der Waals surface area contributed by atoms with Gasteiger partial charge in [-0.25, -0.2) is 4.98 Å². The lowest BCUT2D eigenvalue weighted by molar-refractivity contribution is -0.384. The molecule has 2 heterocycles. The van der Waals surface area contributed by atoms with Crippen molar-refractivity contribution in [2.75, 3.05) is 11.1 Å². The first-order valence-electron chi connectivity index (χ1n) is 6.10. The molecule has 108 valence electrons. The van der Waals surface area contributed by atoms with E-state index in [1.54, 1.807) is 24.0 Å². The van der Waals surface area contributed by atoms with E-state index >= 15 is 0 Å². The van der Waals surface area contributed by atoms with Crippen molar-refractivity contribution in [1.29, 1.82) is 0 Å². The summed E-state index contributed by atoms with van der Waals surface area (Å²) in [5.74, 6) is 0.597. The van der Waals surface area contributed by atoms with Crippen LogP contribution in [0.25, 0.3) is 10.2 Å². The van der Waals surface area contributed by atoms with E-state index in [0.29, 0.717) is 17.5 Å². The Morgan fingerprint density at radius 2 is 2.33 bits per heavy atom. The summed E-state index contributed by atoms with van der Waals surface area (Å²) in [6, 6.07) is 4.62. The molecule has 2 aromatic heterocycles. The maximum atomic E-state index is 10.8. The van der Waals surface area contributed by atoms with Crippen LogP contribution in [0.1, 0.15) is 5.56 Å². The molecule has 3 N–H and O–H groups in total. The Hall–Kier alpha value is -2.68. The number of benzene rings is 1. The zero-order chi connectivity index (χ0) is 15.0. The molecule has 0 fully saturated rings. The quantitative estimate of drug-likeness (QED) is 0.564. The van der Waals surface area contributed by atoms with Gasteiger partial charge in [0.05, 0.1) is 21.3 Å². The Balaban J connectivity index is 1.81. The molecule has 3 aromatic rings.